The molecule has 0 radical (unpaired) electrons. The van der Waals surface area contributed by atoms with Gasteiger partial charge in [0.25, 0.3) is 10.0 Å². The van der Waals surface area contributed by atoms with E-state index in [4.69, 9.17) is 0 Å². The number of aromatic amines is 1. The summed E-state index contributed by atoms with van der Waals surface area (Å²) < 4.78 is 39.9. The van der Waals surface area contributed by atoms with Crippen LogP contribution < -0.4 is 4.72 Å². The lowest BCUT2D eigenvalue weighted by atomic mass is 10.3. The van der Waals surface area contributed by atoms with Crippen molar-refractivity contribution in [1.82, 2.24) is 10.2 Å². The van der Waals surface area contributed by atoms with Gasteiger partial charge in [0, 0.05) is 10.0 Å². The number of benzene rings is 1. The summed E-state index contributed by atoms with van der Waals surface area (Å²) in [6.07, 6.45) is 2.19. The molecule has 19 heavy (non-hydrogen) atoms. The molecule has 1 aromatic heterocycles. The molecule has 0 fully saturated rings. The Hall–Kier alpha value is -1.41. The van der Waals surface area contributed by atoms with E-state index in [1.807, 2.05) is 6.92 Å². The van der Waals surface area contributed by atoms with Crippen molar-refractivity contribution in [1.29, 1.82) is 0 Å². The third-order valence-corrected chi connectivity index (χ3v) is 4.85. The summed E-state index contributed by atoms with van der Waals surface area (Å²) in [5, 5.41) is 6.37. The number of hydrogen-bond donors (Lipinski definition) is 2. The maximum Gasteiger partial charge on any atom is 0.264 e. The van der Waals surface area contributed by atoms with Gasteiger partial charge >= 0.3 is 0 Å². The molecule has 0 atom stereocenters. The van der Waals surface area contributed by atoms with E-state index in [0.29, 0.717) is 12.2 Å². The summed E-state index contributed by atoms with van der Waals surface area (Å²) in [6.45, 7) is 1.89. The molecular weight excluding hydrogens is 337 g/mol. The van der Waals surface area contributed by atoms with E-state index in [0.717, 1.165) is 17.7 Å². The molecule has 102 valence electrons. The van der Waals surface area contributed by atoms with Gasteiger partial charge in [-0.25, -0.2) is 12.8 Å². The van der Waals surface area contributed by atoms with Gasteiger partial charge in [-0.05, 0) is 40.5 Å². The van der Waals surface area contributed by atoms with Crippen molar-refractivity contribution in [3.05, 3.63) is 40.2 Å². The molecule has 0 unspecified atom stereocenters. The number of anilines is 1. The number of halogens is 2. The Morgan fingerprint density at radius 3 is 2.84 bits per heavy atom. The maximum atomic E-state index is 13.0. The smallest absolute Gasteiger partial charge is 0.263 e. The van der Waals surface area contributed by atoms with E-state index in [2.05, 4.69) is 30.8 Å². The number of sulfonamides is 1. The molecule has 0 bridgehead atoms. The van der Waals surface area contributed by atoms with Crippen LogP contribution in [0.1, 0.15) is 12.5 Å². The lowest BCUT2D eigenvalue weighted by Gasteiger charge is -2.09. The minimum Gasteiger partial charge on any atom is -0.263 e. The van der Waals surface area contributed by atoms with Crippen LogP contribution in [-0.2, 0) is 16.4 Å². The average Bonchev–Trinajstić information content (AvgIpc) is 2.74. The Bertz CT molecular complexity index is 700. The first-order valence-electron chi connectivity index (χ1n) is 5.44. The summed E-state index contributed by atoms with van der Waals surface area (Å²) >= 11 is 3.04. The highest BCUT2D eigenvalue weighted by Gasteiger charge is 2.20. The van der Waals surface area contributed by atoms with Crippen LogP contribution >= 0.6 is 15.9 Å². The molecule has 0 aliphatic carbocycles. The fraction of sp³-hybridized carbons (Fsp3) is 0.182. The summed E-state index contributed by atoms with van der Waals surface area (Å²) in [7, 11) is -3.80. The largest absolute Gasteiger partial charge is 0.264 e. The molecule has 1 heterocycles. The van der Waals surface area contributed by atoms with E-state index >= 15 is 0 Å². The molecule has 0 amide bonds. The van der Waals surface area contributed by atoms with Crippen molar-refractivity contribution in [2.75, 3.05) is 4.72 Å². The van der Waals surface area contributed by atoms with Crippen LogP contribution in [0.4, 0.5) is 10.2 Å². The predicted molar refractivity (Wildman–Crippen MR) is 72.9 cm³/mol. The molecule has 2 rings (SSSR count). The summed E-state index contributed by atoms with van der Waals surface area (Å²) in [6, 6.07) is 3.39. The highest BCUT2D eigenvalue weighted by atomic mass is 79.9. The van der Waals surface area contributed by atoms with Crippen LogP contribution in [-0.4, -0.2) is 18.6 Å². The molecule has 2 aromatic rings. The number of rotatable bonds is 4. The Kier molecular flexibility index (Phi) is 3.91. The van der Waals surface area contributed by atoms with Crippen LogP contribution in [0, 0.1) is 5.82 Å². The molecule has 0 aliphatic heterocycles. The molecule has 1 aromatic carbocycles. The quantitative estimate of drug-likeness (QED) is 0.892. The predicted octanol–water partition coefficient (Wildman–Crippen LogP) is 2.67. The van der Waals surface area contributed by atoms with Gasteiger partial charge in [0.15, 0.2) is 0 Å². The van der Waals surface area contributed by atoms with Gasteiger partial charge in [-0.2, -0.15) is 5.10 Å². The number of nitrogens with one attached hydrogen (secondary N) is 2. The minimum atomic E-state index is -3.80. The first-order chi connectivity index (χ1) is 8.94. The Morgan fingerprint density at radius 1 is 1.47 bits per heavy atom. The zero-order valence-corrected chi connectivity index (χ0v) is 12.3. The van der Waals surface area contributed by atoms with Crippen molar-refractivity contribution >= 4 is 31.8 Å². The molecule has 5 nitrogen and oxygen atoms in total. The number of aryl methyl sites for hydroxylation is 1. The van der Waals surface area contributed by atoms with E-state index in [9.17, 15) is 12.8 Å². The highest BCUT2D eigenvalue weighted by molar-refractivity contribution is 9.10. The normalized spacial score (nSPS) is 11.5. The van der Waals surface area contributed by atoms with Crippen molar-refractivity contribution < 1.29 is 12.8 Å². The minimum absolute atomic E-state index is 0.0365. The van der Waals surface area contributed by atoms with Gasteiger partial charge in [-0.3, -0.25) is 9.82 Å². The monoisotopic (exact) mass is 347 g/mol. The third-order valence-electron chi connectivity index (χ3n) is 2.52. The molecule has 8 heteroatoms. The lowest BCUT2D eigenvalue weighted by Crippen LogP contribution is -2.15. The number of H-pyrrole nitrogens is 1. The van der Waals surface area contributed by atoms with Gasteiger partial charge in [-0.15, -0.1) is 0 Å². The van der Waals surface area contributed by atoms with Crippen molar-refractivity contribution in [2.24, 2.45) is 0 Å². The van der Waals surface area contributed by atoms with Crippen LogP contribution in [0.25, 0.3) is 0 Å². The zero-order valence-electron chi connectivity index (χ0n) is 9.94. The summed E-state index contributed by atoms with van der Waals surface area (Å²) in [4.78, 5) is -0.0365. The van der Waals surface area contributed by atoms with Crippen LogP contribution in [0.3, 0.4) is 0 Å². The van der Waals surface area contributed by atoms with E-state index < -0.39 is 15.8 Å². The second-order valence-electron chi connectivity index (χ2n) is 3.80. The van der Waals surface area contributed by atoms with E-state index in [1.54, 1.807) is 6.20 Å². The molecule has 2 N–H and O–H groups in total. The van der Waals surface area contributed by atoms with Crippen molar-refractivity contribution in [3.63, 3.8) is 0 Å². The standard InChI is InChI=1S/C11H11BrFN3O2S/c1-2-7-6-14-15-11(7)16-19(17,18)10-4-3-8(13)5-9(10)12/h3-6H,2H2,1H3,(H2,14,15,16). The van der Waals surface area contributed by atoms with Gasteiger partial charge in [-0.1, -0.05) is 6.92 Å². The summed E-state index contributed by atoms with van der Waals surface area (Å²) in [5.41, 5.74) is 0.752. The van der Waals surface area contributed by atoms with Crippen LogP contribution in [0.15, 0.2) is 33.8 Å². The average molecular weight is 348 g/mol. The van der Waals surface area contributed by atoms with Crippen LogP contribution in [0.5, 0.6) is 0 Å². The van der Waals surface area contributed by atoms with Gasteiger partial charge in [0.05, 0.1) is 6.20 Å². The number of hydrogen-bond acceptors (Lipinski definition) is 3. The molecule has 0 saturated carbocycles. The highest BCUT2D eigenvalue weighted by Crippen LogP contribution is 2.25. The van der Waals surface area contributed by atoms with E-state index in [1.165, 1.54) is 6.07 Å². The Morgan fingerprint density at radius 2 is 2.21 bits per heavy atom. The molecule has 0 aliphatic rings. The first-order valence-corrected chi connectivity index (χ1v) is 7.71. The zero-order chi connectivity index (χ0) is 14.0. The second kappa shape index (κ2) is 5.30. The fourth-order valence-electron chi connectivity index (χ4n) is 1.55. The van der Waals surface area contributed by atoms with Gasteiger partial charge in [0.2, 0.25) is 0 Å². The van der Waals surface area contributed by atoms with Crippen molar-refractivity contribution in [3.8, 4) is 0 Å². The second-order valence-corrected chi connectivity index (χ2v) is 6.31. The third kappa shape index (κ3) is 2.95. The molecule has 0 saturated heterocycles. The van der Waals surface area contributed by atoms with Crippen molar-refractivity contribution in [2.45, 2.75) is 18.2 Å². The maximum absolute atomic E-state index is 13.0. The summed E-state index contributed by atoms with van der Waals surface area (Å²) in [5.74, 6) is -0.194. The van der Waals surface area contributed by atoms with E-state index in [-0.39, 0.29) is 9.37 Å². The SMILES string of the molecule is CCc1cn[nH]c1NS(=O)(=O)c1ccc(F)cc1Br. The molecule has 0 spiro atoms. The topological polar surface area (TPSA) is 74.8 Å². The van der Waals surface area contributed by atoms with Crippen LogP contribution in [0.2, 0.25) is 0 Å². The Labute approximate surface area is 118 Å². The van der Waals surface area contributed by atoms with Gasteiger partial charge in [0.1, 0.15) is 16.5 Å². The first kappa shape index (κ1) is 14.0. The Balaban J connectivity index is 2.38. The lowest BCUT2D eigenvalue weighted by molar-refractivity contribution is 0.598. The molecular formula is C11H11BrFN3O2S. The number of nitrogens with zero attached hydrogens (tertiary/aromatic N) is 1. The fourth-order valence-corrected chi connectivity index (χ4v) is 3.66. The number of aromatic nitrogens is 2. The van der Waals surface area contributed by atoms with Gasteiger partial charge < -0.3 is 0 Å².